The molecule has 3 N–H and O–H groups in total. The smallest absolute Gasteiger partial charge is 0.251 e. The van der Waals surface area contributed by atoms with Crippen molar-refractivity contribution in [3.8, 4) is 0 Å². The Balaban J connectivity index is 1.80. The highest BCUT2D eigenvalue weighted by Gasteiger charge is 2.41. The van der Waals surface area contributed by atoms with Crippen LogP contribution in [0.2, 0.25) is 0 Å². The first-order chi connectivity index (χ1) is 11.9. The first-order valence-corrected chi connectivity index (χ1v) is 10.0. The average Bonchev–Trinajstić information content (AvgIpc) is 3.48. The summed E-state index contributed by atoms with van der Waals surface area (Å²) in [4.78, 5) is 12.7. The monoisotopic (exact) mass is 367 g/mol. The lowest BCUT2D eigenvalue weighted by molar-refractivity contribution is 0.0730. The molecule has 25 heavy (non-hydrogen) atoms. The zero-order valence-corrected chi connectivity index (χ0v) is 15.2. The summed E-state index contributed by atoms with van der Waals surface area (Å²) in [5.74, 6) is 0.0978. The highest BCUT2D eigenvalue weighted by molar-refractivity contribution is 7.89. The summed E-state index contributed by atoms with van der Waals surface area (Å²) in [6.45, 7) is 3.72. The van der Waals surface area contributed by atoms with Crippen molar-refractivity contribution < 1.29 is 17.9 Å². The van der Waals surface area contributed by atoms with Gasteiger partial charge in [0.25, 0.3) is 5.91 Å². The predicted molar refractivity (Wildman–Crippen MR) is 93.7 cm³/mol. The van der Waals surface area contributed by atoms with E-state index in [-0.39, 0.29) is 10.8 Å². The molecule has 138 valence electrons. The summed E-state index contributed by atoms with van der Waals surface area (Å²) in [7, 11) is -3.62. The average molecular weight is 367 g/mol. The lowest BCUT2D eigenvalue weighted by Crippen LogP contribution is -2.53. The van der Waals surface area contributed by atoms with Gasteiger partial charge >= 0.3 is 0 Å². The van der Waals surface area contributed by atoms with Crippen LogP contribution in [0.15, 0.2) is 29.2 Å². The van der Waals surface area contributed by atoms with Crippen LogP contribution in [0.25, 0.3) is 0 Å². The van der Waals surface area contributed by atoms with Crippen LogP contribution in [0.3, 0.4) is 0 Å². The normalized spacial score (nSPS) is 21.5. The predicted octanol–water partition coefficient (Wildman–Crippen LogP) is 0.565. The summed E-state index contributed by atoms with van der Waals surface area (Å²) < 4.78 is 32.1. The number of morpholine rings is 1. The van der Waals surface area contributed by atoms with Gasteiger partial charge in [-0.05, 0) is 43.9 Å². The molecular weight excluding hydrogens is 342 g/mol. The van der Waals surface area contributed by atoms with Crippen LogP contribution in [0.5, 0.6) is 0 Å². The zero-order valence-electron chi connectivity index (χ0n) is 14.4. The zero-order chi connectivity index (χ0) is 18.1. The number of hydrogen-bond acceptors (Lipinski definition) is 5. The van der Waals surface area contributed by atoms with Crippen molar-refractivity contribution in [1.29, 1.82) is 0 Å². The summed E-state index contributed by atoms with van der Waals surface area (Å²) in [6, 6.07) is 6.17. The van der Waals surface area contributed by atoms with Crippen LogP contribution in [0.1, 0.15) is 30.1 Å². The first-order valence-electron chi connectivity index (χ1n) is 8.57. The third-order valence-electron chi connectivity index (χ3n) is 5.01. The Labute approximate surface area is 148 Å². The minimum atomic E-state index is -3.62. The molecule has 1 amide bonds. The molecule has 1 aromatic carbocycles. The van der Waals surface area contributed by atoms with E-state index in [1.807, 2.05) is 6.92 Å². The van der Waals surface area contributed by atoms with Crippen molar-refractivity contribution in [2.45, 2.75) is 30.2 Å². The van der Waals surface area contributed by atoms with E-state index < -0.39 is 15.6 Å². The molecule has 3 rings (SSSR count). The van der Waals surface area contributed by atoms with Crippen molar-refractivity contribution >= 4 is 15.9 Å². The molecule has 1 aliphatic carbocycles. The van der Waals surface area contributed by atoms with E-state index in [0.717, 1.165) is 12.8 Å². The Morgan fingerprint density at radius 1 is 1.36 bits per heavy atom. The lowest BCUT2D eigenvalue weighted by Gasteiger charge is -2.29. The summed E-state index contributed by atoms with van der Waals surface area (Å²) in [5, 5.41) is 2.99. The molecule has 1 saturated carbocycles. The second-order valence-electron chi connectivity index (χ2n) is 6.89. The molecule has 1 atom stereocenters. The third kappa shape index (κ3) is 3.87. The Morgan fingerprint density at radius 3 is 2.64 bits per heavy atom. The largest absolute Gasteiger partial charge is 0.379 e. The Kier molecular flexibility index (Phi) is 5.15. The van der Waals surface area contributed by atoms with Gasteiger partial charge in [0.2, 0.25) is 10.0 Å². The Morgan fingerprint density at radius 2 is 2.04 bits per heavy atom. The van der Waals surface area contributed by atoms with Gasteiger partial charge in [-0.15, -0.1) is 0 Å². The van der Waals surface area contributed by atoms with E-state index in [1.54, 1.807) is 12.1 Å². The number of hydrogen-bond donors (Lipinski definition) is 2. The van der Waals surface area contributed by atoms with Gasteiger partial charge in [0.05, 0.1) is 23.6 Å². The SMILES string of the molecule is CC(CN)(NC(=O)c1cccc(S(=O)(=O)N2CCOCC2)c1)C1CC1. The molecule has 0 bridgehead atoms. The van der Waals surface area contributed by atoms with Gasteiger partial charge in [-0.1, -0.05) is 6.07 Å². The first kappa shape index (κ1) is 18.3. The molecule has 8 heteroatoms. The van der Waals surface area contributed by atoms with Crippen molar-refractivity contribution in [1.82, 2.24) is 9.62 Å². The molecule has 1 unspecified atom stereocenters. The Bertz CT molecular complexity index is 742. The topological polar surface area (TPSA) is 102 Å². The van der Waals surface area contributed by atoms with Crippen LogP contribution in [0, 0.1) is 5.92 Å². The van der Waals surface area contributed by atoms with E-state index in [9.17, 15) is 13.2 Å². The number of benzene rings is 1. The van der Waals surface area contributed by atoms with E-state index in [0.29, 0.717) is 44.3 Å². The minimum absolute atomic E-state index is 0.128. The van der Waals surface area contributed by atoms with E-state index in [4.69, 9.17) is 10.5 Å². The lowest BCUT2D eigenvalue weighted by atomic mass is 9.95. The number of amides is 1. The summed E-state index contributed by atoms with van der Waals surface area (Å²) >= 11 is 0. The van der Waals surface area contributed by atoms with Gasteiger partial charge in [-0.2, -0.15) is 4.31 Å². The number of nitrogens with one attached hydrogen (secondary N) is 1. The van der Waals surface area contributed by atoms with Gasteiger partial charge in [0.15, 0.2) is 0 Å². The number of sulfonamides is 1. The minimum Gasteiger partial charge on any atom is -0.379 e. The number of carbonyl (C=O) groups excluding carboxylic acids is 1. The van der Waals surface area contributed by atoms with E-state index >= 15 is 0 Å². The molecule has 7 nitrogen and oxygen atoms in total. The molecule has 0 radical (unpaired) electrons. The Hall–Kier alpha value is -1.48. The highest BCUT2D eigenvalue weighted by Crippen LogP contribution is 2.39. The summed E-state index contributed by atoms with van der Waals surface area (Å²) in [6.07, 6.45) is 2.11. The van der Waals surface area contributed by atoms with Crippen LogP contribution in [-0.4, -0.2) is 57.0 Å². The fourth-order valence-corrected chi connectivity index (χ4v) is 4.56. The maximum atomic E-state index is 12.7. The maximum absolute atomic E-state index is 12.7. The fourth-order valence-electron chi connectivity index (χ4n) is 3.11. The fraction of sp³-hybridized carbons (Fsp3) is 0.588. The standard InChI is InChI=1S/C17H25N3O4S/c1-17(12-18,14-5-6-14)19-16(21)13-3-2-4-15(11-13)25(22,23)20-7-9-24-10-8-20/h2-4,11,14H,5-10,12,18H2,1H3,(H,19,21). The second-order valence-corrected chi connectivity index (χ2v) is 8.83. The van der Waals surface area contributed by atoms with Gasteiger partial charge in [-0.3, -0.25) is 4.79 Å². The van der Waals surface area contributed by atoms with Crippen molar-refractivity contribution in [3.63, 3.8) is 0 Å². The summed E-state index contributed by atoms with van der Waals surface area (Å²) in [5.41, 5.74) is 5.72. The molecular formula is C17H25N3O4S. The molecule has 2 aliphatic rings. The maximum Gasteiger partial charge on any atom is 0.251 e. The number of rotatable bonds is 6. The third-order valence-corrected chi connectivity index (χ3v) is 6.90. The number of nitrogens with two attached hydrogens (primary N) is 1. The van der Waals surface area contributed by atoms with Gasteiger partial charge in [0, 0.05) is 25.2 Å². The van der Waals surface area contributed by atoms with Crippen molar-refractivity contribution in [3.05, 3.63) is 29.8 Å². The molecule has 0 aromatic heterocycles. The van der Waals surface area contributed by atoms with Crippen LogP contribution < -0.4 is 11.1 Å². The van der Waals surface area contributed by atoms with Crippen molar-refractivity contribution in [2.75, 3.05) is 32.8 Å². The van der Waals surface area contributed by atoms with E-state index in [1.165, 1.54) is 16.4 Å². The van der Waals surface area contributed by atoms with Gasteiger partial charge in [-0.25, -0.2) is 8.42 Å². The van der Waals surface area contributed by atoms with Gasteiger partial charge < -0.3 is 15.8 Å². The quantitative estimate of drug-likeness (QED) is 0.765. The van der Waals surface area contributed by atoms with Crippen molar-refractivity contribution in [2.24, 2.45) is 11.7 Å². The molecule has 1 aliphatic heterocycles. The molecule has 1 heterocycles. The highest BCUT2D eigenvalue weighted by atomic mass is 32.2. The molecule has 1 aromatic rings. The van der Waals surface area contributed by atoms with Crippen LogP contribution in [-0.2, 0) is 14.8 Å². The molecule has 0 spiro atoms. The van der Waals surface area contributed by atoms with Crippen LogP contribution >= 0.6 is 0 Å². The molecule has 2 fully saturated rings. The number of ether oxygens (including phenoxy) is 1. The van der Waals surface area contributed by atoms with E-state index in [2.05, 4.69) is 5.32 Å². The molecule has 1 saturated heterocycles. The number of nitrogens with zero attached hydrogens (tertiary/aromatic N) is 1. The van der Waals surface area contributed by atoms with Crippen LogP contribution in [0.4, 0.5) is 0 Å². The van der Waals surface area contributed by atoms with Gasteiger partial charge in [0.1, 0.15) is 0 Å². The number of carbonyl (C=O) groups is 1. The second kappa shape index (κ2) is 7.03.